The van der Waals surface area contributed by atoms with Crippen LogP contribution < -0.4 is 14.8 Å². The number of aryl methyl sites for hydroxylation is 1. The Bertz CT molecular complexity index is 921. The van der Waals surface area contributed by atoms with Crippen molar-refractivity contribution in [1.82, 2.24) is 4.98 Å². The van der Waals surface area contributed by atoms with Crippen LogP contribution in [0.2, 0.25) is 0 Å². The standard InChI is InChI=1S/C20H20N2O3S/c1-13-6-4-5-7-16(13)22-19(23)11-15-12-26-20(21-15)14-8-9-17(24-2)18(10-14)25-3/h4-10,12H,11H2,1-3H3,(H,22,23). The van der Waals surface area contributed by atoms with E-state index < -0.39 is 0 Å². The summed E-state index contributed by atoms with van der Waals surface area (Å²) in [5.74, 6) is 1.24. The highest BCUT2D eigenvalue weighted by atomic mass is 32.1. The predicted octanol–water partition coefficient (Wildman–Crippen LogP) is 4.32. The zero-order chi connectivity index (χ0) is 18.5. The number of hydrogen-bond donors (Lipinski definition) is 1. The van der Waals surface area contributed by atoms with Crippen molar-refractivity contribution in [2.75, 3.05) is 19.5 Å². The second-order valence-corrected chi connectivity index (χ2v) is 6.61. The van der Waals surface area contributed by atoms with Gasteiger partial charge in [-0.3, -0.25) is 4.79 Å². The van der Waals surface area contributed by atoms with Crippen molar-refractivity contribution >= 4 is 22.9 Å². The molecule has 0 bridgehead atoms. The number of benzene rings is 2. The summed E-state index contributed by atoms with van der Waals surface area (Å²) in [6.07, 6.45) is 0.234. The first-order valence-corrected chi connectivity index (χ1v) is 9.01. The second-order valence-electron chi connectivity index (χ2n) is 5.75. The quantitative estimate of drug-likeness (QED) is 0.704. The van der Waals surface area contributed by atoms with Crippen LogP contribution in [0, 0.1) is 6.92 Å². The van der Waals surface area contributed by atoms with Crippen LogP contribution in [-0.4, -0.2) is 25.1 Å². The summed E-state index contributed by atoms with van der Waals surface area (Å²) in [6, 6.07) is 13.4. The van der Waals surface area contributed by atoms with Gasteiger partial charge in [0.1, 0.15) is 5.01 Å². The van der Waals surface area contributed by atoms with E-state index in [1.54, 1.807) is 14.2 Å². The molecule has 3 aromatic rings. The fraction of sp³-hybridized carbons (Fsp3) is 0.200. The van der Waals surface area contributed by atoms with Gasteiger partial charge in [0.2, 0.25) is 5.91 Å². The van der Waals surface area contributed by atoms with Gasteiger partial charge >= 0.3 is 0 Å². The maximum atomic E-state index is 12.3. The zero-order valence-electron chi connectivity index (χ0n) is 14.9. The highest BCUT2D eigenvalue weighted by molar-refractivity contribution is 7.13. The number of para-hydroxylation sites is 1. The molecule has 1 amide bonds. The van der Waals surface area contributed by atoms with Crippen molar-refractivity contribution in [2.45, 2.75) is 13.3 Å². The lowest BCUT2D eigenvalue weighted by atomic mass is 10.2. The lowest BCUT2D eigenvalue weighted by Gasteiger charge is -2.08. The van der Waals surface area contributed by atoms with Crippen LogP contribution >= 0.6 is 11.3 Å². The number of thiazole rings is 1. The molecule has 3 rings (SSSR count). The molecule has 1 heterocycles. The molecular formula is C20H20N2O3S. The molecule has 26 heavy (non-hydrogen) atoms. The average Bonchev–Trinajstić information content (AvgIpc) is 3.11. The van der Waals surface area contributed by atoms with Crippen LogP contribution in [0.15, 0.2) is 47.8 Å². The summed E-state index contributed by atoms with van der Waals surface area (Å²) < 4.78 is 10.6. The summed E-state index contributed by atoms with van der Waals surface area (Å²) in [5.41, 5.74) is 3.53. The predicted molar refractivity (Wildman–Crippen MR) is 104 cm³/mol. The third kappa shape index (κ3) is 4.03. The van der Waals surface area contributed by atoms with Crippen LogP contribution in [0.5, 0.6) is 11.5 Å². The number of carbonyl (C=O) groups excluding carboxylic acids is 1. The van der Waals surface area contributed by atoms with Gasteiger partial charge < -0.3 is 14.8 Å². The lowest BCUT2D eigenvalue weighted by Crippen LogP contribution is -2.15. The first-order valence-electron chi connectivity index (χ1n) is 8.13. The van der Waals surface area contributed by atoms with Crippen molar-refractivity contribution in [1.29, 1.82) is 0 Å². The molecule has 2 aromatic carbocycles. The third-order valence-corrected chi connectivity index (χ3v) is 4.88. The van der Waals surface area contributed by atoms with E-state index in [0.29, 0.717) is 11.5 Å². The van der Waals surface area contributed by atoms with Crippen molar-refractivity contribution in [3.8, 4) is 22.1 Å². The van der Waals surface area contributed by atoms with Crippen molar-refractivity contribution in [2.24, 2.45) is 0 Å². The fourth-order valence-electron chi connectivity index (χ4n) is 2.56. The van der Waals surface area contributed by atoms with E-state index in [1.165, 1.54) is 11.3 Å². The van der Waals surface area contributed by atoms with E-state index in [4.69, 9.17) is 9.47 Å². The minimum Gasteiger partial charge on any atom is -0.493 e. The Labute approximate surface area is 156 Å². The third-order valence-electron chi connectivity index (χ3n) is 3.94. The molecule has 0 unspecified atom stereocenters. The van der Waals surface area contributed by atoms with E-state index in [1.807, 2.05) is 54.8 Å². The van der Waals surface area contributed by atoms with Gasteiger partial charge in [0.05, 0.1) is 26.3 Å². The number of nitrogens with zero attached hydrogens (tertiary/aromatic N) is 1. The van der Waals surface area contributed by atoms with Gasteiger partial charge in [-0.25, -0.2) is 4.98 Å². The van der Waals surface area contributed by atoms with Crippen molar-refractivity contribution in [3.05, 3.63) is 59.1 Å². The van der Waals surface area contributed by atoms with E-state index in [9.17, 15) is 4.79 Å². The minimum atomic E-state index is -0.0801. The summed E-state index contributed by atoms with van der Waals surface area (Å²) in [4.78, 5) is 16.9. The van der Waals surface area contributed by atoms with Crippen LogP contribution in [0.4, 0.5) is 5.69 Å². The van der Waals surface area contributed by atoms with Gasteiger partial charge in [-0.15, -0.1) is 11.3 Å². The molecule has 1 aromatic heterocycles. The number of aromatic nitrogens is 1. The zero-order valence-corrected chi connectivity index (χ0v) is 15.7. The average molecular weight is 368 g/mol. The summed E-state index contributed by atoms with van der Waals surface area (Å²) in [5, 5.41) is 5.67. The molecule has 0 aliphatic rings. The normalized spacial score (nSPS) is 10.4. The molecule has 0 saturated heterocycles. The second kappa shape index (κ2) is 8.01. The molecule has 134 valence electrons. The Hall–Kier alpha value is -2.86. The smallest absolute Gasteiger partial charge is 0.230 e. The molecular weight excluding hydrogens is 348 g/mol. The van der Waals surface area contributed by atoms with Gasteiger partial charge in [0.25, 0.3) is 0 Å². The molecule has 0 aliphatic heterocycles. The van der Waals surface area contributed by atoms with Gasteiger partial charge in [0.15, 0.2) is 11.5 Å². The minimum absolute atomic E-state index is 0.0801. The molecule has 5 nitrogen and oxygen atoms in total. The molecule has 0 saturated carbocycles. The van der Waals surface area contributed by atoms with Crippen LogP contribution in [0.3, 0.4) is 0 Å². The maximum Gasteiger partial charge on any atom is 0.230 e. The number of rotatable bonds is 6. The van der Waals surface area contributed by atoms with Crippen LogP contribution in [0.25, 0.3) is 10.6 Å². The monoisotopic (exact) mass is 368 g/mol. The number of carbonyl (C=O) groups is 1. The van der Waals surface area contributed by atoms with E-state index in [0.717, 1.165) is 27.5 Å². The summed E-state index contributed by atoms with van der Waals surface area (Å²) in [7, 11) is 3.21. The van der Waals surface area contributed by atoms with E-state index in [-0.39, 0.29) is 12.3 Å². The molecule has 0 aliphatic carbocycles. The molecule has 1 N–H and O–H groups in total. The number of methoxy groups -OCH3 is 2. The van der Waals surface area contributed by atoms with Gasteiger partial charge in [-0.05, 0) is 36.8 Å². The Morgan fingerprint density at radius 1 is 1.12 bits per heavy atom. The van der Waals surface area contributed by atoms with Gasteiger partial charge in [-0.1, -0.05) is 18.2 Å². The first kappa shape index (κ1) is 17.9. The Balaban J connectivity index is 1.72. The number of anilines is 1. The molecule has 6 heteroatoms. The molecule has 0 spiro atoms. The molecule has 0 atom stereocenters. The van der Waals surface area contributed by atoms with Gasteiger partial charge in [0, 0.05) is 16.6 Å². The Kier molecular flexibility index (Phi) is 5.53. The topological polar surface area (TPSA) is 60.5 Å². The number of ether oxygens (including phenoxy) is 2. The van der Waals surface area contributed by atoms with E-state index in [2.05, 4.69) is 10.3 Å². The fourth-order valence-corrected chi connectivity index (χ4v) is 3.38. The summed E-state index contributed by atoms with van der Waals surface area (Å²) >= 11 is 1.50. The number of amides is 1. The Morgan fingerprint density at radius 3 is 2.62 bits per heavy atom. The molecule has 0 fully saturated rings. The SMILES string of the molecule is COc1ccc(-c2nc(CC(=O)Nc3ccccc3C)cs2)cc1OC. The summed E-state index contributed by atoms with van der Waals surface area (Å²) in [6.45, 7) is 1.97. The van der Waals surface area contributed by atoms with Crippen LogP contribution in [-0.2, 0) is 11.2 Å². The maximum absolute atomic E-state index is 12.3. The number of nitrogens with one attached hydrogen (secondary N) is 1. The van der Waals surface area contributed by atoms with Crippen molar-refractivity contribution in [3.63, 3.8) is 0 Å². The van der Waals surface area contributed by atoms with Crippen molar-refractivity contribution < 1.29 is 14.3 Å². The highest BCUT2D eigenvalue weighted by Gasteiger charge is 2.12. The molecule has 0 radical (unpaired) electrons. The Morgan fingerprint density at radius 2 is 1.88 bits per heavy atom. The first-order chi connectivity index (χ1) is 12.6. The lowest BCUT2D eigenvalue weighted by molar-refractivity contribution is -0.115. The highest BCUT2D eigenvalue weighted by Crippen LogP contribution is 2.33. The largest absolute Gasteiger partial charge is 0.493 e. The van der Waals surface area contributed by atoms with Gasteiger partial charge in [-0.2, -0.15) is 0 Å². The van der Waals surface area contributed by atoms with Crippen LogP contribution in [0.1, 0.15) is 11.3 Å². The number of hydrogen-bond acceptors (Lipinski definition) is 5. The van der Waals surface area contributed by atoms with E-state index >= 15 is 0 Å².